The van der Waals surface area contributed by atoms with Crippen LogP contribution in [0, 0.1) is 5.82 Å². The number of hydrogen-bond acceptors (Lipinski definition) is 2. The van der Waals surface area contributed by atoms with Crippen molar-refractivity contribution in [2.45, 2.75) is 6.18 Å². The van der Waals surface area contributed by atoms with E-state index < -0.39 is 29.4 Å². The SMILES string of the molecule is O=C(Nc1ccccc1)Oc1cc(C(F)(F)F)ccc1F. The van der Waals surface area contributed by atoms with Crippen molar-refractivity contribution in [1.82, 2.24) is 0 Å². The van der Waals surface area contributed by atoms with Crippen molar-refractivity contribution in [2.24, 2.45) is 0 Å². The van der Waals surface area contributed by atoms with Crippen LogP contribution < -0.4 is 10.1 Å². The second kappa shape index (κ2) is 5.82. The average molecular weight is 299 g/mol. The van der Waals surface area contributed by atoms with Gasteiger partial charge in [0.25, 0.3) is 0 Å². The molecular formula is C14H9F4NO2. The van der Waals surface area contributed by atoms with E-state index in [1.807, 2.05) is 0 Å². The first-order valence-electron chi connectivity index (χ1n) is 5.77. The molecular weight excluding hydrogens is 290 g/mol. The number of anilines is 1. The molecule has 110 valence electrons. The third-order valence-electron chi connectivity index (χ3n) is 2.48. The summed E-state index contributed by atoms with van der Waals surface area (Å²) in [6.45, 7) is 0. The highest BCUT2D eigenvalue weighted by Crippen LogP contribution is 2.32. The maximum atomic E-state index is 13.4. The quantitative estimate of drug-likeness (QED) is 0.832. The summed E-state index contributed by atoms with van der Waals surface area (Å²) in [5, 5.41) is 2.27. The molecule has 2 aromatic carbocycles. The second-order valence-corrected chi connectivity index (χ2v) is 4.02. The van der Waals surface area contributed by atoms with Crippen molar-refractivity contribution in [3.63, 3.8) is 0 Å². The Bertz CT molecular complexity index is 641. The molecule has 0 saturated heterocycles. The lowest BCUT2D eigenvalue weighted by Gasteiger charge is -2.10. The van der Waals surface area contributed by atoms with Crippen LogP contribution in [-0.2, 0) is 6.18 Å². The molecule has 0 spiro atoms. The molecule has 0 unspecified atom stereocenters. The standard InChI is InChI=1S/C14H9F4NO2/c15-11-7-6-9(14(16,17)18)8-12(11)21-13(20)19-10-4-2-1-3-5-10/h1-8H,(H,19,20). The van der Waals surface area contributed by atoms with Gasteiger partial charge in [0.2, 0.25) is 0 Å². The molecule has 0 atom stereocenters. The molecule has 0 radical (unpaired) electrons. The molecule has 2 rings (SSSR count). The number of para-hydroxylation sites is 1. The summed E-state index contributed by atoms with van der Waals surface area (Å²) in [5.41, 5.74) is -0.735. The maximum Gasteiger partial charge on any atom is 0.417 e. The lowest BCUT2D eigenvalue weighted by atomic mass is 10.2. The fourth-order valence-electron chi connectivity index (χ4n) is 1.52. The highest BCUT2D eigenvalue weighted by atomic mass is 19.4. The number of ether oxygens (including phenoxy) is 1. The zero-order valence-electron chi connectivity index (χ0n) is 10.4. The number of halogens is 4. The molecule has 0 aliphatic heterocycles. The second-order valence-electron chi connectivity index (χ2n) is 4.02. The van der Waals surface area contributed by atoms with Crippen LogP contribution >= 0.6 is 0 Å². The van der Waals surface area contributed by atoms with Crippen molar-refractivity contribution < 1.29 is 27.1 Å². The van der Waals surface area contributed by atoms with E-state index in [0.717, 1.165) is 0 Å². The Kier molecular flexibility index (Phi) is 4.11. The van der Waals surface area contributed by atoms with Crippen LogP contribution in [0.1, 0.15) is 5.56 Å². The first-order valence-corrected chi connectivity index (χ1v) is 5.77. The number of nitrogens with one attached hydrogen (secondary N) is 1. The summed E-state index contributed by atoms with van der Waals surface area (Å²) in [7, 11) is 0. The third kappa shape index (κ3) is 3.95. The lowest BCUT2D eigenvalue weighted by molar-refractivity contribution is -0.137. The third-order valence-corrected chi connectivity index (χ3v) is 2.48. The summed E-state index contributed by atoms with van der Waals surface area (Å²) >= 11 is 0. The Morgan fingerprint density at radius 3 is 2.33 bits per heavy atom. The van der Waals surface area contributed by atoms with Gasteiger partial charge in [-0.05, 0) is 30.3 Å². The fraction of sp³-hybridized carbons (Fsp3) is 0.0714. The number of carbonyl (C=O) groups excluding carboxylic acids is 1. The molecule has 2 aromatic rings. The Morgan fingerprint density at radius 2 is 1.71 bits per heavy atom. The van der Waals surface area contributed by atoms with Crippen molar-refractivity contribution in [1.29, 1.82) is 0 Å². The van der Waals surface area contributed by atoms with Gasteiger partial charge in [0, 0.05) is 5.69 Å². The van der Waals surface area contributed by atoms with Gasteiger partial charge in [-0.3, -0.25) is 5.32 Å². The van der Waals surface area contributed by atoms with E-state index in [2.05, 4.69) is 10.1 Å². The molecule has 0 fully saturated rings. The topological polar surface area (TPSA) is 38.3 Å². The molecule has 0 heterocycles. The van der Waals surface area contributed by atoms with Crippen LogP contribution in [0.25, 0.3) is 0 Å². The number of alkyl halides is 3. The van der Waals surface area contributed by atoms with E-state index in [4.69, 9.17) is 0 Å². The zero-order chi connectivity index (χ0) is 15.5. The summed E-state index contributed by atoms with van der Waals surface area (Å²) in [6, 6.07) is 9.67. The van der Waals surface area contributed by atoms with E-state index in [9.17, 15) is 22.4 Å². The van der Waals surface area contributed by atoms with Gasteiger partial charge in [-0.1, -0.05) is 18.2 Å². The van der Waals surface area contributed by atoms with Gasteiger partial charge < -0.3 is 4.74 Å². The maximum absolute atomic E-state index is 13.4. The first kappa shape index (κ1) is 14.8. The largest absolute Gasteiger partial charge is 0.417 e. The molecule has 21 heavy (non-hydrogen) atoms. The van der Waals surface area contributed by atoms with Crippen molar-refractivity contribution in [3.8, 4) is 5.75 Å². The normalized spacial score (nSPS) is 11.0. The first-order chi connectivity index (χ1) is 9.86. The molecule has 3 nitrogen and oxygen atoms in total. The molecule has 1 amide bonds. The Balaban J connectivity index is 2.14. The predicted octanol–water partition coefficient (Wildman–Crippen LogP) is 4.46. The van der Waals surface area contributed by atoms with Gasteiger partial charge in [-0.15, -0.1) is 0 Å². The van der Waals surface area contributed by atoms with Crippen LogP contribution in [-0.4, -0.2) is 6.09 Å². The van der Waals surface area contributed by atoms with Crippen LogP contribution in [0.15, 0.2) is 48.5 Å². The molecule has 0 bridgehead atoms. The Labute approximate surface area is 117 Å². The van der Waals surface area contributed by atoms with Gasteiger partial charge in [-0.2, -0.15) is 13.2 Å². The minimum Gasteiger partial charge on any atom is -0.407 e. The van der Waals surface area contributed by atoms with E-state index in [0.29, 0.717) is 23.9 Å². The van der Waals surface area contributed by atoms with E-state index >= 15 is 0 Å². The van der Waals surface area contributed by atoms with E-state index in [1.54, 1.807) is 30.3 Å². The minimum atomic E-state index is -4.65. The highest BCUT2D eigenvalue weighted by Gasteiger charge is 2.31. The summed E-state index contributed by atoms with van der Waals surface area (Å²) in [6.07, 6.45) is -5.73. The summed E-state index contributed by atoms with van der Waals surface area (Å²) < 4.78 is 55.5. The van der Waals surface area contributed by atoms with E-state index in [-0.39, 0.29) is 0 Å². The van der Waals surface area contributed by atoms with Gasteiger partial charge >= 0.3 is 12.3 Å². The molecule has 0 saturated carbocycles. The van der Waals surface area contributed by atoms with Crippen molar-refractivity contribution in [3.05, 3.63) is 59.9 Å². The molecule has 0 aliphatic rings. The highest BCUT2D eigenvalue weighted by molar-refractivity contribution is 5.86. The monoisotopic (exact) mass is 299 g/mol. The van der Waals surface area contributed by atoms with Crippen LogP contribution in [0.5, 0.6) is 5.75 Å². The number of carbonyl (C=O) groups is 1. The summed E-state index contributed by atoms with van der Waals surface area (Å²) in [5.74, 6) is -1.86. The molecule has 0 aromatic heterocycles. The van der Waals surface area contributed by atoms with Gasteiger partial charge in [0.15, 0.2) is 11.6 Å². The summed E-state index contributed by atoms with van der Waals surface area (Å²) in [4.78, 5) is 11.5. The van der Waals surface area contributed by atoms with Gasteiger partial charge in [0.05, 0.1) is 5.56 Å². The number of rotatable bonds is 2. The van der Waals surface area contributed by atoms with Crippen molar-refractivity contribution >= 4 is 11.8 Å². The smallest absolute Gasteiger partial charge is 0.407 e. The number of amides is 1. The molecule has 7 heteroatoms. The van der Waals surface area contributed by atoms with E-state index in [1.165, 1.54) is 0 Å². The number of hydrogen-bond donors (Lipinski definition) is 1. The van der Waals surface area contributed by atoms with Crippen LogP contribution in [0.4, 0.5) is 28.0 Å². The minimum absolute atomic E-state index is 0.370. The molecule has 1 N–H and O–H groups in total. The lowest BCUT2D eigenvalue weighted by Crippen LogP contribution is -2.17. The van der Waals surface area contributed by atoms with Crippen LogP contribution in [0.3, 0.4) is 0 Å². The van der Waals surface area contributed by atoms with Gasteiger partial charge in [0.1, 0.15) is 0 Å². The predicted molar refractivity (Wildman–Crippen MR) is 67.5 cm³/mol. The average Bonchev–Trinajstić information content (AvgIpc) is 2.41. The molecule has 0 aliphatic carbocycles. The number of benzene rings is 2. The Hall–Kier alpha value is -2.57. The Morgan fingerprint density at radius 1 is 1.05 bits per heavy atom. The van der Waals surface area contributed by atoms with Gasteiger partial charge in [-0.25, -0.2) is 9.18 Å². The fourth-order valence-corrected chi connectivity index (χ4v) is 1.52. The zero-order valence-corrected chi connectivity index (χ0v) is 10.4. The van der Waals surface area contributed by atoms with Crippen molar-refractivity contribution in [2.75, 3.05) is 5.32 Å². The van der Waals surface area contributed by atoms with Crippen LogP contribution in [0.2, 0.25) is 0 Å².